The molecule has 3 nitrogen and oxygen atoms in total. The molecule has 1 heterocycles. The van der Waals surface area contributed by atoms with E-state index in [2.05, 4.69) is 23.9 Å². The lowest BCUT2D eigenvalue weighted by atomic mass is 9.88. The summed E-state index contributed by atoms with van der Waals surface area (Å²) in [6.07, 6.45) is 3.45. The second-order valence-electron chi connectivity index (χ2n) is 4.00. The van der Waals surface area contributed by atoms with Crippen molar-refractivity contribution < 1.29 is 0 Å². The summed E-state index contributed by atoms with van der Waals surface area (Å²) >= 11 is 0. The van der Waals surface area contributed by atoms with E-state index in [1.54, 1.807) is 0 Å². The maximum atomic E-state index is 5.89. The van der Waals surface area contributed by atoms with Crippen LogP contribution in [0.4, 0.5) is 0 Å². The quantitative estimate of drug-likeness (QED) is 0.574. The summed E-state index contributed by atoms with van der Waals surface area (Å²) in [7, 11) is 2.14. The number of rotatable bonds is 0. The van der Waals surface area contributed by atoms with Crippen molar-refractivity contribution in [2.24, 2.45) is 10.7 Å². The lowest BCUT2D eigenvalue weighted by Gasteiger charge is -2.32. The van der Waals surface area contributed by atoms with Crippen LogP contribution in [0, 0.1) is 0 Å². The van der Waals surface area contributed by atoms with Gasteiger partial charge in [0.15, 0.2) is 0 Å². The van der Waals surface area contributed by atoms with E-state index in [9.17, 15) is 0 Å². The van der Waals surface area contributed by atoms with E-state index in [0.29, 0.717) is 18.1 Å². The van der Waals surface area contributed by atoms with Gasteiger partial charge in [-0.05, 0) is 26.2 Å². The molecule has 2 N–H and O–H groups in total. The molecule has 0 aromatic carbocycles. The Labute approximate surface area is 73.6 Å². The van der Waals surface area contributed by atoms with Crippen LogP contribution in [0.3, 0.4) is 0 Å². The van der Waals surface area contributed by atoms with Crippen molar-refractivity contribution >= 4 is 5.84 Å². The first-order valence-corrected chi connectivity index (χ1v) is 4.71. The first-order chi connectivity index (χ1) is 5.68. The number of amidine groups is 1. The van der Waals surface area contributed by atoms with Crippen molar-refractivity contribution in [2.45, 2.75) is 44.3 Å². The van der Waals surface area contributed by atoms with Gasteiger partial charge in [-0.2, -0.15) is 0 Å². The third-order valence-corrected chi connectivity index (χ3v) is 3.18. The van der Waals surface area contributed by atoms with Crippen LogP contribution in [0.2, 0.25) is 0 Å². The molecular weight excluding hydrogens is 150 g/mol. The average molecular weight is 167 g/mol. The summed E-state index contributed by atoms with van der Waals surface area (Å²) in [5.41, 5.74) is 5.89. The zero-order valence-electron chi connectivity index (χ0n) is 7.83. The van der Waals surface area contributed by atoms with Crippen LogP contribution >= 0.6 is 0 Å². The maximum Gasteiger partial charge on any atom is 0.0962 e. The Bertz CT molecular complexity index is 212. The monoisotopic (exact) mass is 167 g/mol. The van der Waals surface area contributed by atoms with Gasteiger partial charge in [-0.3, -0.25) is 4.99 Å². The zero-order chi connectivity index (χ0) is 8.72. The van der Waals surface area contributed by atoms with Gasteiger partial charge in [-0.1, -0.05) is 0 Å². The minimum atomic E-state index is 0.384. The Balaban J connectivity index is 2.11. The highest BCUT2D eigenvalue weighted by atomic mass is 15.3. The normalized spacial score (nSPS) is 41.1. The van der Waals surface area contributed by atoms with Gasteiger partial charge >= 0.3 is 0 Å². The lowest BCUT2D eigenvalue weighted by molar-refractivity contribution is 0.257. The molecule has 2 rings (SSSR count). The fourth-order valence-electron chi connectivity index (χ4n) is 2.32. The van der Waals surface area contributed by atoms with Crippen LogP contribution in [-0.2, 0) is 0 Å². The maximum absolute atomic E-state index is 5.89. The summed E-state index contributed by atoms with van der Waals surface area (Å²) in [5.74, 6) is 1.18. The first-order valence-electron chi connectivity index (χ1n) is 4.71. The van der Waals surface area contributed by atoms with Crippen LogP contribution in [0.15, 0.2) is 4.99 Å². The van der Waals surface area contributed by atoms with Crippen LogP contribution < -0.4 is 5.73 Å². The van der Waals surface area contributed by atoms with Gasteiger partial charge in [0.2, 0.25) is 0 Å². The predicted molar refractivity (Wildman–Crippen MR) is 50.3 cm³/mol. The van der Waals surface area contributed by atoms with E-state index in [1.807, 2.05) is 0 Å². The Morgan fingerprint density at radius 3 is 3.00 bits per heavy atom. The summed E-state index contributed by atoms with van der Waals surface area (Å²) in [6, 6.07) is 1.51. The SMILES string of the molecule is CC1=NC2CC(N)CCC2N1C. The van der Waals surface area contributed by atoms with Gasteiger partial charge < -0.3 is 10.6 Å². The number of nitrogens with zero attached hydrogens (tertiary/aromatic N) is 2. The minimum Gasteiger partial charge on any atom is -0.359 e. The third-order valence-electron chi connectivity index (χ3n) is 3.18. The van der Waals surface area contributed by atoms with Crippen molar-refractivity contribution in [1.82, 2.24) is 4.90 Å². The molecule has 2 aliphatic rings. The zero-order valence-corrected chi connectivity index (χ0v) is 7.83. The molecule has 3 heteroatoms. The highest BCUT2D eigenvalue weighted by molar-refractivity contribution is 5.81. The highest BCUT2D eigenvalue weighted by Crippen LogP contribution is 2.28. The topological polar surface area (TPSA) is 41.6 Å². The lowest BCUT2D eigenvalue weighted by Crippen LogP contribution is -2.43. The molecule has 3 unspecified atom stereocenters. The smallest absolute Gasteiger partial charge is 0.0962 e. The summed E-state index contributed by atoms with van der Waals surface area (Å²) < 4.78 is 0. The number of hydrogen-bond acceptors (Lipinski definition) is 3. The number of hydrogen-bond donors (Lipinski definition) is 1. The third kappa shape index (κ3) is 1.12. The van der Waals surface area contributed by atoms with Crippen LogP contribution in [-0.4, -0.2) is 35.9 Å². The summed E-state index contributed by atoms with van der Waals surface area (Å²) in [4.78, 5) is 6.91. The van der Waals surface area contributed by atoms with Crippen molar-refractivity contribution in [1.29, 1.82) is 0 Å². The van der Waals surface area contributed by atoms with E-state index < -0.39 is 0 Å². The molecular formula is C9H17N3. The molecule has 0 aromatic rings. The number of fused-ring (bicyclic) bond motifs is 1. The molecule has 1 aliphatic carbocycles. The second-order valence-corrected chi connectivity index (χ2v) is 4.00. The fraction of sp³-hybridized carbons (Fsp3) is 0.889. The highest BCUT2D eigenvalue weighted by Gasteiger charge is 2.35. The van der Waals surface area contributed by atoms with Gasteiger partial charge in [0.25, 0.3) is 0 Å². The van der Waals surface area contributed by atoms with Gasteiger partial charge in [0.1, 0.15) is 0 Å². The van der Waals surface area contributed by atoms with E-state index in [4.69, 9.17) is 5.73 Å². The van der Waals surface area contributed by atoms with E-state index >= 15 is 0 Å². The Morgan fingerprint density at radius 1 is 1.50 bits per heavy atom. The molecule has 3 atom stereocenters. The Morgan fingerprint density at radius 2 is 2.25 bits per heavy atom. The largest absolute Gasteiger partial charge is 0.359 e. The molecule has 0 amide bonds. The molecule has 0 spiro atoms. The first kappa shape index (κ1) is 8.05. The van der Waals surface area contributed by atoms with Crippen LogP contribution in [0.5, 0.6) is 0 Å². The van der Waals surface area contributed by atoms with E-state index in [-0.39, 0.29) is 0 Å². The second kappa shape index (κ2) is 2.73. The molecule has 1 fully saturated rings. The number of likely N-dealkylation sites (N-methyl/N-ethyl adjacent to an activating group) is 1. The average Bonchev–Trinajstić information content (AvgIpc) is 2.28. The van der Waals surface area contributed by atoms with Crippen molar-refractivity contribution in [3.8, 4) is 0 Å². The molecule has 68 valence electrons. The number of aliphatic imine (C=N–C) groups is 1. The number of nitrogens with two attached hydrogens (primary N) is 1. The molecule has 0 radical (unpaired) electrons. The van der Waals surface area contributed by atoms with Gasteiger partial charge in [0.05, 0.1) is 17.9 Å². The molecule has 12 heavy (non-hydrogen) atoms. The Kier molecular flexibility index (Phi) is 1.83. The summed E-state index contributed by atoms with van der Waals surface area (Å²) in [5, 5.41) is 0. The van der Waals surface area contributed by atoms with Gasteiger partial charge in [0, 0.05) is 13.1 Å². The molecule has 0 aromatic heterocycles. The van der Waals surface area contributed by atoms with Crippen LogP contribution in [0.25, 0.3) is 0 Å². The molecule has 1 aliphatic heterocycles. The van der Waals surface area contributed by atoms with Gasteiger partial charge in [-0.25, -0.2) is 0 Å². The fourth-order valence-corrected chi connectivity index (χ4v) is 2.32. The summed E-state index contributed by atoms with van der Waals surface area (Å²) in [6.45, 7) is 2.09. The molecule has 0 bridgehead atoms. The predicted octanol–water partition coefficient (Wildman–Crippen LogP) is 0.599. The van der Waals surface area contributed by atoms with E-state index in [0.717, 1.165) is 12.8 Å². The van der Waals surface area contributed by atoms with Crippen molar-refractivity contribution in [3.05, 3.63) is 0 Å². The van der Waals surface area contributed by atoms with Crippen molar-refractivity contribution in [2.75, 3.05) is 7.05 Å². The van der Waals surface area contributed by atoms with Crippen molar-refractivity contribution in [3.63, 3.8) is 0 Å². The Hall–Kier alpha value is -0.570. The molecule has 0 saturated heterocycles. The molecule has 1 saturated carbocycles. The van der Waals surface area contributed by atoms with Gasteiger partial charge in [-0.15, -0.1) is 0 Å². The van der Waals surface area contributed by atoms with E-state index in [1.165, 1.54) is 12.3 Å². The standard InChI is InChI=1S/C9H17N3/c1-6-11-8-5-7(10)3-4-9(8)12(6)2/h7-9H,3-5,10H2,1-2H3. The van der Waals surface area contributed by atoms with Crippen LogP contribution in [0.1, 0.15) is 26.2 Å². The minimum absolute atomic E-state index is 0.384.